The first kappa shape index (κ1) is 20.4. The van der Waals surface area contributed by atoms with E-state index in [0.717, 1.165) is 5.56 Å². The SMILES string of the molecule is Cn1cc(NC(=O)CCNC(=O)O)cc1C(=O)Nc1ccc(C2OCCO2)cc1. The fourth-order valence-electron chi connectivity index (χ4n) is 2.83. The zero-order valence-corrected chi connectivity index (χ0v) is 15.8. The van der Waals surface area contributed by atoms with Gasteiger partial charge in [-0.1, -0.05) is 12.1 Å². The zero-order chi connectivity index (χ0) is 20.8. The number of amides is 3. The summed E-state index contributed by atoms with van der Waals surface area (Å²) in [6.07, 6.45) is 0.0380. The van der Waals surface area contributed by atoms with E-state index in [2.05, 4.69) is 16.0 Å². The number of aromatic nitrogens is 1. The summed E-state index contributed by atoms with van der Waals surface area (Å²) >= 11 is 0. The van der Waals surface area contributed by atoms with Crippen molar-refractivity contribution in [2.45, 2.75) is 12.7 Å². The first-order valence-corrected chi connectivity index (χ1v) is 9.00. The van der Waals surface area contributed by atoms with Crippen LogP contribution >= 0.6 is 0 Å². The molecule has 0 radical (unpaired) electrons. The second kappa shape index (κ2) is 9.22. The molecule has 0 unspecified atom stereocenters. The van der Waals surface area contributed by atoms with Crippen molar-refractivity contribution in [1.82, 2.24) is 9.88 Å². The van der Waals surface area contributed by atoms with Crippen LogP contribution in [0.25, 0.3) is 0 Å². The van der Waals surface area contributed by atoms with Crippen LogP contribution in [0.2, 0.25) is 0 Å². The number of benzene rings is 1. The Morgan fingerprint density at radius 2 is 1.79 bits per heavy atom. The summed E-state index contributed by atoms with van der Waals surface area (Å²) in [5.41, 5.74) is 2.30. The molecule has 0 spiro atoms. The third kappa shape index (κ3) is 5.56. The van der Waals surface area contributed by atoms with Crippen LogP contribution < -0.4 is 16.0 Å². The number of hydrogen-bond acceptors (Lipinski definition) is 5. The van der Waals surface area contributed by atoms with Crippen LogP contribution in [0.15, 0.2) is 36.5 Å². The molecule has 10 heteroatoms. The number of ether oxygens (including phenoxy) is 2. The summed E-state index contributed by atoms with van der Waals surface area (Å²) in [6, 6.07) is 8.73. The Labute approximate surface area is 166 Å². The van der Waals surface area contributed by atoms with E-state index in [-0.39, 0.29) is 31.1 Å². The van der Waals surface area contributed by atoms with Gasteiger partial charge in [0.15, 0.2) is 6.29 Å². The standard InChI is InChI=1S/C19H22N4O6/c1-23-11-14(21-16(24)6-7-20-19(26)27)10-15(23)17(25)22-13-4-2-12(3-5-13)18-28-8-9-29-18/h2-5,10-11,18,20H,6-9H2,1H3,(H,21,24)(H,22,25)(H,26,27). The first-order chi connectivity index (χ1) is 13.9. The molecule has 1 aliphatic heterocycles. The number of carboxylic acid groups (broad SMARTS) is 1. The van der Waals surface area contributed by atoms with Gasteiger partial charge in [-0.3, -0.25) is 9.59 Å². The molecule has 3 amide bonds. The third-order valence-electron chi connectivity index (χ3n) is 4.21. The molecular formula is C19H22N4O6. The van der Waals surface area contributed by atoms with E-state index in [1.165, 1.54) is 0 Å². The minimum Gasteiger partial charge on any atom is -0.465 e. The molecule has 0 saturated carbocycles. The van der Waals surface area contributed by atoms with E-state index in [1.54, 1.807) is 36.0 Å². The van der Waals surface area contributed by atoms with Gasteiger partial charge in [-0.2, -0.15) is 0 Å². The van der Waals surface area contributed by atoms with Gasteiger partial charge in [-0.25, -0.2) is 4.79 Å². The number of rotatable bonds is 7. The van der Waals surface area contributed by atoms with Crippen molar-refractivity contribution >= 4 is 29.3 Å². The van der Waals surface area contributed by atoms with E-state index in [4.69, 9.17) is 14.6 Å². The van der Waals surface area contributed by atoms with Crippen LogP contribution in [0.1, 0.15) is 28.8 Å². The van der Waals surface area contributed by atoms with E-state index >= 15 is 0 Å². The van der Waals surface area contributed by atoms with Gasteiger partial charge in [-0.05, 0) is 18.2 Å². The lowest BCUT2D eigenvalue weighted by atomic mass is 10.2. The molecule has 154 valence electrons. The van der Waals surface area contributed by atoms with E-state index < -0.39 is 6.09 Å². The highest BCUT2D eigenvalue weighted by atomic mass is 16.7. The molecule has 1 saturated heterocycles. The maximum absolute atomic E-state index is 12.6. The Kier molecular flexibility index (Phi) is 6.47. The van der Waals surface area contributed by atoms with Gasteiger partial charge in [-0.15, -0.1) is 0 Å². The molecule has 0 bridgehead atoms. The van der Waals surface area contributed by atoms with Crippen LogP contribution in [-0.2, 0) is 21.3 Å². The number of aryl methyl sites for hydroxylation is 1. The molecule has 1 aromatic carbocycles. The van der Waals surface area contributed by atoms with Crippen LogP contribution in [0.4, 0.5) is 16.2 Å². The summed E-state index contributed by atoms with van der Waals surface area (Å²) in [4.78, 5) is 34.8. The summed E-state index contributed by atoms with van der Waals surface area (Å²) in [5, 5.41) is 16.1. The molecular weight excluding hydrogens is 380 g/mol. The number of nitrogens with one attached hydrogen (secondary N) is 3. The molecule has 1 aliphatic rings. The predicted molar refractivity (Wildman–Crippen MR) is 104 cm³/mol. The lowest BCUT2D eigenvalue weighted by Gasteiger charge is -2.10. The normalized spacial score (nSPS) is 13.8. The maximum Gasteiger partial charge on any atom is 0.404 e. The number of carbonyl (C=O) groups excluding carboxylic acids is 2. The Bertz CT molecular complexity index is 887. The van der Waals surface area contributed by atoms with Crippen molar-refractivity contribution in [2.24, 2.45) is 7.05 Å². The Balaban J connectivity index is 1.56. The fourth-order valence-corrected chi connectivity index (χ4v) is 2.83. The van der Waals surface area contributed by atoms with Crippen molar-refractivity contribution in [3.05, 3.63) is 47.8 Å². The molecule has 3 rings (SSSR count). The molecule has 2 heterocycles. The second-order valence-electron chi connectivity index (χ2n) is 6.40. The van der Waals surface area contributed by atoms with Crippen molar-refractivity contribution in [1.29, 1.82) is 0 Å². The minimum atomic E-state index is -1.19. The predicted octanol–water partition coefficient (Wildman–Crippen LogP) is 1.92. The Morgan fingerprint density at radius 3 is 2.45 bits per heavy atom. The number of hydrogen-bond donors (Lipinski definition) is 4. The van der Waals surface area contributed by atoms with Gasteiger partial charge < -0.3 is 35.1 Å². The van der Waals surface area contributed by atoms with Gasteiger partial charge in [0.05, 0.1) is 18.9 Å². The maximum atomic E-state index is 12.6. The van der Waals surface area contributed by atoms with Crippen LogP contribution in [0, 0.1) is 0 Å². The topological polar surface area (TPSA) is 131 Å². The molecule has 29 heavy (non-hydrogen) atoms. The number of carbonyl (C=O) groups is 3. The third-order valence-corrected chi connectivity index (χ3v) is 4.21. The second-order valence-corrected chi connectivity index (χ2v) is 6.40. The van der Waals surface area contributed by atoms with Gasteiger partial charge in [0.1, 0.15) is 5.69 Å². The fraction of sp³-hybridized carbons (Fsp3) is 0.316. The molecule has 1 aromatic heterocycles. The average Bonchev–Trinajstić information content (AvgIpc) is 3.32. The van der Waals surface area contributed by atoms with Crippen LogP contribution in [0.5, 0.6) is 0 Å². The van der Waals surface area contributed by atoms with E-state index in [1.807, 2.05) is 12.1 Å². The van der Waals surface area contributed by atoms with Crippen LogP contribution in [-0.4, -0.2) is 47.3 Å². The van der Waals surface area contributed by atoms with Gasteiger partial charge >= 0.3 is 6.09 Å². The highest BCUT2D eigenvalue weighted by Gasteiger charge is 2.18. The lowest BCUT2D eigenvalue weighted by Crippen LogP contribution is -2.25. The van der Waals surface area contributed by atoms with E-state index in [0.29, 0.717) is 30.3 Å². The van der Waals surface area contributed by atoms with Gasteiger partial charge in [0.25, 0.3) is 5.91 Å². The molecule has 1 fully saturated rings. The highest BCUT2D eigenvalue weighted by Crippen LogP contribution is 2.24. The van der Waals surface area contributed by atoms with E-state index in [9.17, 15) is 14.4 Å². The largest absolute Gasteiger partial charge is 0.465 e. The molecule has 0 aliphatic carbocycles. The van der Waals surface area contributed by atoms with Crippen molar-refractivity contribution in [3.8, 4) is 0 Å². The monoisotopic (exact) mass is 402 g/mol. The first-order valence-electron chi connectivity index (χ1n) is 9.00. The smallest absolute Gasteiger partial charge is 0.404 e. The summed E-state index contributed by atoms with van der Waals surface area (Å²) < 4.78 is 12.5. The molecule has 2 aromatic rings. The quantitative estimate of drug-likeness (QED) is 0.560. The number of nitrogens with zero attached hydrogens (tertiary/aromatic N) is 1. The van der Waals surface area contributed by atoms with Crippen molar-refractivity contribution in [2.75, 3.05) is 30.4 Å². The minimum absolute atomic E-state index is 0.00821. The highest BCUT2D eigenvalue weighted by molar-refractivity contribution is 6.04. The van der Waals surface area contributed by atoms with Crippen LogP contribution in [0.3, 0.4) is 0 Å². The summed E-state index contributed by atoms with van der Waals surface area (Å²) in [7, 11) is 1.69. The number of anilines is 2. The average molecular weight is 402 g/mol. The van der Waals surface area contributed by atoms with Gasteiger partial charge in [0.2, 0.25) is 5.91 Å². The molecule has 4 N–H and O–H groups in total. The molecule has 10 nitrogen and oxygen atoms in total. The van der Waals surface area contributed by atoms with Crippen molar-refractivity contribution < 1.29 is 29.0 Å². The Hall–Kier alpha value is -3.37. The Morgan fingerprint density at radius 1 is 1.10 bits per heavy atom. The molecule has 0 atom stereocenters. The summed E-state index contributed by atoms with van der Waals surface area (Å²) in [5.74, 6) is -0.690. The summed E-state index contributed by atoms with van der Waals surface area (Å²) in [6.45, 7) is 1.13. The zero-order valence-electron chi connectivity index (χ0n) is 15.8. The van der Waals surface area contributed by atoms with Gasteiger partial charge in [0, 0.05) is 37.5 Å². The lowest BCUT2D eigenvalue weighted by molar-refractivity contribution is -0.116. The van der Waals surface area contributed by atoms with Crippen molar-refractivity contribution in [3.63, 3.8) is 0 Å².